The summed E-state index contributed by atoms with van der Waals surface area (Å²) < 4.78 is 0. The van der Waals surface area contributed by atoms with Gasteiger partial charge in [-0.05, 0) is 22.8 Å². The van der Waals surface area contributed by atoms with Crippen molar-refractivity contribution in [3.8, 4) is 16.9 Å². The fourth-order valence-electron chi connectivity index (χ4n) is 2.16. The van der Waals surface area contributed by atoms with Gasteiger partial charge in [0.2, 0.25) is 0 Å². The Morgan fingerprint density at radius 2 is 1.47 bits per heavy atom. The van der Waals surface area contributed by atoms with Crippen molar-refractivity contribution in [2.75, 3.05) is 0 Å². The number of aromatic hydroxyl groups is 1. The van der Waals surface area contributed by atoms with Crippen LogP contribution in [0.3, 0.4) is 0 Å². The van der Waals surface area contributed by atoms with Crippen LogP contribution in [0.25, 0.3) is 23.3 Å². The van der Waals surface area contributed by atoms with Gasteiger partial charge < -0.3 is 5.11 Å². The van der Waals surface area contributed by atoms with Crippen LogP contribution in [0.1, 0.15) is 11.1 Å². The molecule has 0 heterocycles. The number of rotatable bonds is 0. The minimum atomic E-state index is 0.323. The molecule has 0 radical (unpaired) electrons. The first kappa shape index (κ1) is 9.91. The Labute approximate surface area is 100 Å². The van der Waals surface area contributed by atoms with Gasteiger partial charge in [-0.1, -0.05) is 60.7 Å². The summed E-state index contributed by atoms with van der Waals surface area (Å²) in [6, 6.07) is 13.8. The molecule has 2 aromatic rings. The number of benzene rings is 2. The second-order valence-corrected chi connectivity index (χ2v) is 4.04. The summed E-state index contributed by atoms with van der Waals surface area (Å²) in [5.41, 5.74) is 4.27. The van der Waals surface area contributed by atoms with Gasteiger partial charge in [-0.15, -0.1) is 0 Å². The average Bonchev–Trinajstić information content (AvgIpc) is 2.33. The predicted octanol–water partition coefficient (Wildman–Crippen LogP) is 4.10. The van der Waals surface area contributed by atoms with Gasteiger partial charge in [0.1, 0.15) is 5.75 Å². The van der Waals surface area contributed by atoms with Gasteiger partial charge in [-0.3, -0.25) is 0 Å². The van der Waals surface area contributed by atoms with Gasteiger partial charge in [0.05, 0.1) is 0 Å². The van der Waals surface area contributed by atoms with Crippen LogP contribution in [0.5, 0.6) is 5.75 Å². The largest absolute Gasteiger partial charge is 0.507 e. The van der Waals surface area contributed by atoms with Gasteiger partial charge in [-0.25, -0.2) is 0 Å². The molecule has 0 fully saturated rings. The van der Waals surface area contributed by atoms with E-state index in [0.29, 0.717) is 5.75 Å². The Morgan fingerprint density at radius 1 is 0.706 bits per heavy atom. The molecule has 1 N–H and O–H groups in total. The molecule has 3 rings (SSSR count). The summed E-state index contributed by atoms with van der Waals surface area (Å²) in [6.07, 6.45) is 7.97. The van der Waals surface area contributed by atoms with Crippen molar-refractivity contribution in [2.45, 2.75) is 0 Å². The van der Waals surface area contributed by atoms with Gasteiger partial charge >= 0.3 is 0 Å². The Bertz CT molecular complexity index is 621. The van der Waals surface area contributed by atoms with Crippen LogP contribution in [0.4, 0.5) is 0 Å². The molecular weight excluding hydrogens is 208 g/mol. The Morgan fingerprint density at radius 3 is 2.41 bits per heavy atom. The number of hydrogen-bond donors (Lipinski definition) is 1. The molecule has 0 aromatic heterocycles. The molecule has 17 heavy (non-hydrogen) atoms. The lowest BCUT2D eigenvalue weighted by atomic mass is 9.93. The number of hydrogen-bond acceptors (Lipinski definition) is 1. The quantitative estimate of drug-likeness (QED) is 0.708. The number of allylic oxidation sites excluding steroid dienone is 2. The summed E-state index contributed by atoms with van der Waals surface area (Å²) in [5, 5.41) is 9.92. The van der Waals surface area contributed by atoms with Crippen LogP contribution in [0.15, 0.2) is 54.6 Å². The summed E-state index contributed by atoms with van der Waals surface area (Å²) in [7, 11) is 0. The van der Waals surface area contributed by atoms with Crippen molar-refractivity contribution in [1.29, 1.82) is 0 Å². The smallest absolute Gasteiger partial charge is 0.123 e. The SMILES string of the molecule is Oc1cccc2c1/C=C\C=C/c1ccccc1-2. The van der Waals surface area contributed by atoms with E-state index in [1.165, 1.54) is 5.56 Å². The zero-order chi connectivity index (χ0) is 11.7. The fourth-order valence-corrected chi connectivity index (χ4v) is 2.16. The van der Waals surface area contributed by atoms with Crippen LogP contribution < -0.4 is 0 Å². The topological polar surface area (TPSA) is 20.2 Å². The normalized spacial score (nSPS) is 16.2. The van der Waals surface area contributed by atoms with Crippen molar-refractivity contribution in [2.24, 2.45) is 0 Å². The summed E-state index contributed by atoms with van der Waals surface area (Å²) in [5.74, 6) is 0.323. The highest BCUT2D eigenvalue weighted by Crippen LogP contribution is 2.34. The van der Waals surface area contributed by atoms with Crippen LogP contribution in [0, 0.1) is 0 Å². The minimum Gasteiger partial charge on any atom is -0.507 e. The third kappa shape index (κ3) is 1.66. The van der Waals surface area contributed by atoms with Crippen molar-refractivity contribution < 1.29 is 5.11 Å². The third-order valence-electron chi connectivity index (χ3n) is 2.98. The van der Waals surface area contributed by atoms with Gasteiger partial charge in [0.15, 0.2) is 0 Å². The highest BCUT2D eigenvalue weighted by atomic mass is 16.3. The zero-order valence-corrected chi connectivity index (χ0v) is 9.30. The Balaban J connectivity index is 2.37. The van der Waals surface area contributed by atoms with E-state index < -0.39 is 0 Å². The molecule has 0 saturated heterocycles. The lowest BCUT2D eigenvalue weighted by Crippen LogP contribution is -1.88. The van der Waals surface area contributed by atoms with Crippen molar-refractivity contribution >= 4 is 12.2 Å². The molecule has 0 saturated carbocycles. The monoisotopic (exact) mass is 220 g/mol. The number of phenols is 1. The van der Waals surface area contributed by atoms with Crippen molar-refractivity contribution in [3.63, 3.8) is 0 Å². The first-order valence-corrected chi connectivity index (χ1v) is 5.62. The molecule has 0 amide bonds. The van der Waals surface area contributed by atoms with E-state index in [0.717, 1.165) is 16.7 Å². The molecule has 1 aliphatic carbocycles. The molecule has 0 spiro atoms. The summed E-state index contributed by atoms with van der Waals surface area (Å²) in [6.45, 7) is 0. The van der Waals surface area contributed by atoms with Crippen molar-refractivity contribution in [3.05, 3.63) is 65.7 Å². The van der Waals surface area contributed by atoms with Crippen molar-refractivity contribution in [1.82, 2.24) is 0 Å². The molecule has 0 unspecified atom stereocenters. The standard InChI is InChI=1S/C16H12O/c17-16-11-5-10-14-13-8-3-1-6-12(13)7-2-4-9-15(14)16/h1-11,17H/b4-2?,7-2-,9-4-,12-7?,14-13?,15-9?. The lowest BCUT2D eigenvalue weighted by Gasteiger charge is -2.12. The van der Waals surface area contributed by atoms with Gasteiger partial charge in [-0.2, -0.15) is 0 Å². The molecule has 1 aliphatic rings. The van der Waals surface area contributed by atoms with E-state index in [1.54, 1.807) is 6.07 Å². The molecule has 0 bridgehead atoms. The molecule has 0 atom stereocenters. The molecule has 2 aromatic carbocycles. The Kier molecular flexibility index (Phi) is 2.30. The zero-order valence-electron chi connectivity index (χ0n) is 9.30. The predicted molar refractivity (Wildman–Crippen MR) is 71.6 cm³/mol. The highest BCUT2D eigenvalue weighted by Gasteiger charge is 2.10. The average molecular weight is 220 g/mol. The number of fused-ring (bicyclic) bond motifs is 3. The van der Waals surface area contributed by atoms with E-state index in [-0.39, 0.29) is 0 Å². The maximum Gasteiger partial charge on any atom is 0.123 e. The van der Waals surface area contributed by atoms with Gasteiger partial charge in [0.25, 0.3) is 0 Å². The molecule has 1 heteroatoms. The first-order valence-electron chi connectivity index (χ1n) is 5.62. The molecule has 1 nitrogen and oxygen atoms in total. The maximum atomic E-state index is 9.92. The minimum absolute atomic E-state index is 0.323. The third-order valence-corrected chi connectivity index (χ3v) is 2.98. The van der Waals surface area contributed by atoms with E-state index in [4.69, 9.17) is 0 Å². The fraction of sp³-hybridized carbons (Fsp3) is 0. The van der Waals surface area contributed by atoms with E-state index >= 15 is 0 Å². The van der Waals surface area contributed by atoms with Crippen LogP contribution in [-0.2, 0) is 0 Å². The lowest BCUT2D eigenvalue weighted by molar-refractivity contribution is 0.474. The van der Waals surface area contributed by atoms with Crippen LogP contribution in [0.2, 0.25) is 0 Å². The maximum absolute atomic E-state index is 9.92. The molecule has 0 aliphatic heterocycles. The molecular formula is C16H12O. The molecule has 82 valence electrons. The second-order valence-electron chi connectivity index (χ2n) is 4.04. The second kappa shape index (κ2) is 3.95. The van der Waals surface area contributed by atoms with E-state index in [2.05, 4.69) is 18.2 Å². The van der Waals surface area contributed by atoms with Crippen LogP contribution >= 0.6 is 0 Å². The number of phenolic OH excluding ortho intramolecular Hbond substituents is 1. The van der Waals surface area contributed by atoms with E-state index in [1.807, 2.05) is 42.5 Å². The van der Waals surface area contributed by atoms with Crippen LogP contribution in [-0.4, -0.2) is 5.11 Å². The van der Waals surface area contributed by atoms with E-state index in [9.17, 15) is 5.11 Å². The summed E-state index contributed by atoms with van der Waals surface area (Å²) >= 11 is 0. The Hall–Kier alpha value is -2.28. The summed E-state index contributed by atoms with van der Waals surface area (Å²) in [4.78, 5) is 0. The first-order chi connectivity index (χ1) is 8.36. The highest BCUT2D eigenvalue weighted by molar-refractivity contribution is 5.85. The van der Waals surface area contributed by atoms with Gasteiger partial charge in [0, 0.05) is 5.56 Å².